The van der Waals surface area contributed by atoms with E-state index in [1.807, 2.05) is 13.8 Å². The van der Waals surface area contributed by atoms with Gasteiger partial charge in [0.25, 0.3) is 0 Å². The number of likely N-dealkylation sites (tertiary alicyclic amines) is 1. The van der Waals surface area contributed by atoms with Gasteiger partial charge in [-0.25, -0.2) is 0 Å². The van der Waals surface area contributed by atoms with Gasteiger partial charge in [0, 0.05) is 6.04 Å². The van der Waals surface area contributed by atoms with Gasteiger partial charge in [-0.1, -0.05) is 12.8 Å². The average Bonchev–Trinajstić information content (AvgIpc) is 2.78. The molecule has 0 spiro atoms. The molecule has 0 aromatic rings. The number of hydrogen-bond donors (Lipinski definition) is 1. The Morgan fingerprint density at radius 1 is 1.40 bits per heavy atom. The first-order valence-electron chi connectivity index (χ1n) is 7.84. The van der Waals surface area contributed by atoms with Gasteiger partial charge in [0.15, 0.2) is 0 Å². The van der Waals surface area contributed by atoms with Crippen LogP contribution in [0.25, 0.3) is 0 Å². The van der Waals surface area contributed by atoms with E-state index in [0.29, 0.717) is 12.0 Å². The molecule has 0 bridgehead atoms. The Kier molecular flexibility index (Phi) is 4.70. The molecule has 3 unspecified atom stereocenters. The van der Waals surface area contributed by atoms with Crippen LogP contribution in [-0.4, -0.2) is 34.6 Å². The number of carboxylic acid groups (broad SMARTS) is 1. The van der Waals surface area contributed by atoms with Crippen molar-refractivity contribution in [1.29, 1.82) is 5.26 Å². The summed E-state index contributed by atoms with van der Waals surface area (Å²) in [6.07, 6.45) is 7.39. The van der Waals surface area contributed by atoms with Crippen molar-refractivity contribution in [2.45, 2.75) is 70.9 Å². The van der Waals surface area contributed by atoms with E-state index in [4.69, 9.17) is 5.26 Å². The maximum Gasteiger partial charge on any atom is 0.320 e. The van der Waals surface area contributed by atoms with E-state index < -0.39 is 5.97 Å². The molecule has 2 rings (SSSR count). The third-order valence-corrected chi connectivity index (χ3v) is 5.03. The van der Waals surface area contributed by atoms with Crippen LogP contribution in [0.4, 0.5) is 0 Å². The lowest BCUT2D eigenvalue weighted by Gasteiger charge is -2.33. The fraction of sp³-hybridized carbons (Fsp3) is 0.875. The Morgan fingerprint density at radius 2 is 2.10 bits per heavy atom. The molecule has 112 valence electrons. The molecule has 1 aliphatic heterocycles. The number of carboxylic acids is 1. The topological polar surface area (TPSA) is 64.3 Å². The molecule has 0 aromatic carbocycles. The third-order valence-electron chi connectivity index (χ3n) is 5.03. The summed E-state index contributed by atoms with van der Waals surface area (Å²) in [6.45, 7) is 4.73. The molecule has 0 radical (unpaired) electrons. The Labute approximate surface area is 121 Å². The van der Waals surface area contributed by atoms with Crippen molar-refractivity contribution in [3.8, 4) is 6.07 Å². The van der Waals surface area contributed by atoms with Crippen molar-refractivity contribution in [2.24, 2.45) is 11.3 Å². The zero-order valence-corrected chi connectivity index (χ0v) is 12.6. The van der Waals surface area contributed by atoms with Gasteiger partial charge in [-0.05, 0) is 58.4 Å². The lowest BCUT2D eigenvalue weighted by Crippen LogP contribution is -2.43. The van der Waals surface area contributed by atoms with Crippen LogP contribution in [0, 0.1) is 22.7 Å². The zero-order chi connectivity index (χ0) is 14.8. The molecule has 1 aliphatic carbocycles. The molecule has 2 fully saturated rings. The molecular formula is C16H26N2O2. The van der Waals surface area contributed by atoms with Gasteiger partial charge in [0.2, 0.25) is 0 Å². The second kappa shape index (κ2) is 6.13. The van der Waals surface area contributed by atoms with Crippen LogP contribution in [0.1, 0.15) is 58.8 Å². The van der Waals surface area contributed by atoms with Crippen LogP contribution in [0.15, 0.2) is 0 Å². The quantitative estimate of drug-likeness (QED) is 0.839. The van der Waals surface area contributed by atoms with Crippen LogP contribution in [0.3, 0.4) is 0 Å². The summed E-state index contributed by atoms with van der Waals surface area (Å²) < 4.78 is 0. The average molecular weight is 278 g/mol. The summed E-state index contributed by atoms with van der Waals surface area (Å²) in [5, 5.41) is 18.5. The van der Waals surface area contributed by atoms with Crippen molar-refractivity contribution in [2.75, 3.05) is 6.54 Å². The number of carbonyl (C=O) groups is 1. The first kappa shape index (κ1) is 15.3. The Hall–Kier alpha value is -1.08. The highest BCUT2D eigenvalue weighted by atomic mass is 16.4. The minimum atomic E-state index is -0.668. The summed E-state index contributed by atoms with van der Waals surface area (Å²) in [4.78, 5) is 13.7. The van der Waals surface area contributed by atoms with E-state index in [1.165, 1.54) is 19.3 Å². The van der Waals surface area contributed by atoms with Gasteiger partial charge in [-0.2, -0.15) is 5.26 Å². The highest BCUT2D eigenvalue weighted by Crippen LogP contribution is 2.40. The maximum absolute atomic E-state index is 11.5. The smallest absolute Gasteiger partial charge is 0.320 e. The number of nitrogens with zero attached hydrogens (tertiary/aromatic N) is 2. The Balaban J connectivity index is 1.96. The first-order chi connectivity index (χ1) is 9.44. The van der Waals surface area contributed by atoms with Crippen molar-refractivity contribution in [3.05, 3.63) is 0 Å². The van der Waals surface area contributed by atoms with E-state index in [-0.39, 0.29) is 11.5 Å². The monoisotopic (exact) mass is 278 g/mol. The lowest BCUT2D eigenvalue weighted by molar-refractivity contribution is -0.142. The predicted octanol–water partition coefficient (Wildman–Crippen LogP) is 3.03. The molecule has 0 amide bonds. The minimum absolute atomic E-state index is 0.298. The molecule has 1 N–H and O–H groups in total. The van der Waals surface area contributed by atoms with E-state index in [2.05, 4.69) is 11.0 Å². The minimum Gasteiger partial charge on any atom is -0.480 e. The molecule has 3 atom stereocenters. The van der Waals surface area contributed by atoms with Crippen molar-refractivity contribution >= 4 is 5.97 Å². The van der Waals surface area contributed by atoms with E-state index >= 15 is 0 Å². The molecule has 20 heavy (non-hydrogen) atoms. The highest BCUT2D eigenvalue weighted by Gasteiger charge is 2.44. The predicted molar refractivity (Wildman–Crippen MR) is 77.1 cm³/mol. The maximum atomic E-state index is 11.5. The molecule has 4 nitrogen and oxygen atoms in total. The number of hydrogen-bond acceptors (Lipinski definition) is 3. The van der Waals surface area contributed by atoms with Gasteiger partial charge >= 0.3 is 5.97 Å². The summed E-state index contributed by atoms with van der Waals surface area (Å²) in [6, 6.07) is 2.49. The molecular weight excluding hydrogens is 252 g/mol. The molecule has 0 aromatic heterocycles. The van der Waals surface area contributed by atoms with Gasteiger partial charge in [-0.3, -0.25) is 9.69 Å². The van der Waals surface area contributed by atoms with E-state index in [0.717, 1.165) is 32.2 Å². The SMILES string of the molecule is CC(C)(C#N)CCCN1C(C(=O)O)CC2CCCCC21. The Morgan fingerprint density at radius 3 is 2.75 bits per heavy atom. The molecule has 1 saturated carbocycles. The largest absolute Gasteiger partial charge is 0.480 e. The summed E-state index contributed by atoms with van der Waals surface area (Å²) in [5.74, 6) is -0.0900. The highest BCUT2D eigenvalue weighted by molar-refractivity contribution is 5.74. The van der Waals surface area contributed by atoms with Crippen LogP contribution >= 0.6 is 0 Å². The van der Waals surface area contributed by atoms with Crippen LogP contribution in [0.2, 0.25) is 0 Å². The van der Waals surface area contributed by atoms with E-state index in [9.17, 15) is 9.90 Å². The fourth-order valence-corrected chi connectivity index (χ4v) is 3.88. The summed E-state index contributed by atoms with van der Waals surface area (Å²) in [7, 11) is 0. The first-order valence-corrected chi connectivity index (χ1v) is 7.84. The lowest BCUT2D eigenvalue weighted by atomic mass is 9.84. The van der Waals surface area contributed by atoms with Crippen LogP contribution in [0.5, 0.6) is 0 Å². The number of nitriles is 1. The summed E-state index contributed by atoms with van der Waals surface area (Å²) >= 11 is 0. The van der Waals surface area contributed by atoms with Gasteiger partial charge in [0.1, 0.15) is 6.04 Å². The van der Waals surface area contributed by atoms with Gasteiger partial charge in [-0.15, -0.1) is 0 Å². The summed E-state index contributed by atoms with van der Waals surface area (Å²) in [5.41, 5.74) is -0.301. The van der Waals surface area contributed by atoms with Crippen molar-refractivity contribution < 1.29 is 9.90 Å². The van der Waals surface area contributed by atoms with Crippen molar-refractivity contribution in [1.82, 2.24) is 4.90 Å². The van der Waals surface area contributed by atoms with E-state index in [1.54, 1.807) is 0 Å². The second-order valence-corrected chi connectivity index (χ2v) is 7.04. The van der Waals surface area contributed by atoms with Crippen LogP contribution < -0.4 is 0 Å². The van der Waals surface area contributed by atoms with Crippen molar-refractivity contribution in [3.63, 3.8) is 0 Å². The number of rotatable bonds is 5. The fourth-order valence-electron chi connectivity index (χ4n) is 3.88. The number of aliphatic carboxylic acids is 1. The number of fused-ring (bicyclic) bond motifs is 1. The third kappa shape index (κ3) is 3.32. The molecule has 4 heteroatoms. The molecule has 1 saturated heterocycles. The molecule has 2 aliphatic rings. The normalized spacial score (nSPS) is 30.8. The Bertz CT molecular complexity index is 400. The second-order valence-electron chi connectivity index (χ2n) is 7.04. The standard InChI is InChI=1S/C16H26N2O2/c1-16(2,11-17)8-5-9-18-13-7-4-3-6-12(13)10-14(18)15(19)20/h12-14H,3-10H2,1-2H3,(H,19,20). The van der Waals surface area contributed by atoms with Gasteiger partial charge < -0.3 is 5.11 Å². The van der Waals surface area contributed by atoms with Crippen LogP contribution in [-0.2, 0) is 4.79 Å². The molecule has 1 heterocycles. The zero-order valence-electron chi connectivity index (χ0n) is 12.6. The van der Waals surface area contributed by atoms with Gasteiger partial charge in [0.05, 0.1) is 11.5 Å².